The number of pyridine rings is 1. The molecule has 1 aromatic rings. The lowest BCUT2D eigenvalue weighted by Crippen LogP contribution is -2.18. The highest BCUT2D eigenvalue weighted by atomic mass is 35.5. The molecule has 1 rings (SSSR count). The standard InChI is InChI=1S/C10H10ClNO/c1-4-10(3,13)8-5-7(2)9(11)12-6-8/h1,5-6,13H,2-3H3/t10-/m0/s1. The Hall–Kier alpha value is -1.04. The minimum Gasteiger partial charge on any atom is -0.374 e. The van der Waals surface area contributed by atoms with Crippen molar-refractivity contribution in [3.63, 3.8) is 0 Å². The Morgan fingerprint density at radius 1 is 1.69 bits per heavy atom. The number of aromatic nitrogens is 1. The summed E-state index contributed by atoms with van der Waals surface area (Å²) in [6.07, 6.45) is 6.65. The molecule has 1 heterocycles. The maximum absolute atomic E-state index is 9.69. The highest BCUT2D eigenvalue weighted by Gasteiger charge is 2.20. The van der Waals surface area contributed by atoms with Gasteiger partial charge in [0.05, 0.1) is 0 Å². The average molecular weight is 196 g/mol. The second kappa shape index (κ2) is 3.37. The molecule has 0 bridgehead atoms. The van der Waals surface area contributed by atoms with Gasteiger partial charge in [0.1, 0.15) is 10.8 Å². The normalized spacial score (nSPS) is 14.7. The van der Waals surface area contributed by atoms with E-state index in [1.807, 2.05) is 6.92 Å². The number of aliphatic hydroxyl groups is 1. The summed E-state index contributed by atoms with van der Waals surface area (Å²) in [4.78, 5) is 3.90. The molecule has 0 radical (unpaired) electrons. The summed E-state index contributed by atoms with van der Waals surface area (Å²) >= 11 is 5.73. The first kappa shape index (κ1) is 10.0. The molecule has 1 aromatic heterocycles. The van der Waals surface area contributed by atoms with Gasteiger partial charge in [-0.3, -0.25) is 0 Å². The fourth-order valence-electron chi connectivity index (χ4n) is 0.908. The Kier molecular flexibility index (Phi) is 2.60. The van der Waals surface area contributed by atoms with Crippen molar-refractivity contribution in [2.24, 2.45) is 0 Å². The molecule has 0 fully saturated rings. The van der Waals surface area contributed by atoms with E-state index in [9.17, 15) is 5.11 Å². The number of halogens is 1. The number of aryl methyl sites for hydroxylation is 1. The molecule has 0 amide bonds. The fraction of sp³-hybridized carbons (Fsp3) is 0.300. The van der Waals surface area contributed by atoms with E-state index in [2.05, 4.69) is 10.9 Å². The zero-order valence-corrected chi connectivity index (χ0v) is 8.26. The van der Waals surface area contributed by atoms with E-state index < -0.39 is 5.60 Å². The lowest BCUT2D eigenvalue weighted by Gasteiger charge is -2.16. The van der Waals surface area contributed by atoms with E-state index >= 15 is 0 Å². The van der Waals surface area contributed by atoms with E-state index in [1.54, 1.807) is 6.07 Å². The third-order valence-corrected chi connectivity index (χ3v) is 2.25. The van der Waals surface area contributed by atoms with Crippen LogP contribution < -0.4 is 0 Å². The van der Waals surface area contributed by atoms with Crippen LogP contribution in [0.1, 0.15) is 18.1 Å². The second-order valence-corrected chi connectivity index (χ2v) is 3.41. The maximum atomic E-state index is 9.69. The van der Waals surface area contributed by atoms with E-state index in [1.165, 1.54) is 13.1 Å². The molecule has 0 aliphatic rings. The van der Waals surface area contributed by atoms with Crippen LogP contribution in [0.3, 0.4) is 0 Å². The molecule has 0 saturated heterocycles. The van der Waals surface area contributed by atoms with Gasteiger partial charge in [0.15, 0.2) is 0 Å². The largest absolute Gasteiger partial charge is 0.374 e. The predicted octanol–water partition coefficient (Wildman–Crippen LogP) is 1.88. The minimum atomic E-state index is -1.28. The number of terminal acetylenes is 1. The van der Waals surface area contributed by atoms with Crippen molar-refractivity contribution in [1.29, 1.82) is 0 Å². The molecule has 3 heteroatoms. The number of rotatable bonds is 1. The molecule has 1 atom stereocenters. The minimum absolute atomic E-state index is 0.427. The van der Waals surface area contributed by atoms with Crippen molar-refractivity contribution in [2.75, 3.05) is 0 Å². The summed E-state index contributed by atoms with van der Waals surface area (Å²) in [5, 5.41) is 10.1. The molecular weight excluding hydrogens is 186 g/mol. The second-order valence-electron chi connectivity index (χ2n) is 3.05. The van der Waals surface area contributed by atoms with Crippen molar-refractivity contribution in [1.82, 2.24) is 4.98 Å². The van der Waals surface area contributed by atoms with Crippen molar-refractivity contribution >= 4 is 11.6 Å². The third kappa shape index (κ3) is 2.00. The maximum Gasteiger partial charge on any atom is 0.149 e. The number of hydrogen-bond acceptors (Lipinski definition) is 2. The van der Waals surface area contributed by atoms with E-state index in [4.69, 9.17) is 18.0 Å². The molecule has 0 unspecified atom stereocenters. The van der Waals surface area contributed by atoms with Crippen LogP contribution in [0.2, 0.25) is 5.15 Å². The Balaban J connectivity index is 3.20. The van der Waals surface area contributed by atoms with Crippen LogP contribution in [-0.2, 0) is 5.60 Å². The highest BCUT2D eigenvalue weighted by Crippen LogP contribution is 2.22. The van der Waals surface area contributed by atoms with Gasteiger partial charge in [-0.05, 0) is 25.5 Å². The molecule has 2 nitrogen and oxygen atoms in total. The van der Waals surface area contributed by atoms with E-state index in [0.29, 0.717) is 10.7 Å². The Bertz CT molecular complexity index is 366. The van der Waals surface area contributed by atoms with Gasteiger partial charge < -0.3 is 5.11 Å². The topological polar surface area (TPSA) is 33.1 Å². The summed E-state index contributed by atoms with van der Waals surface area (Å²) in [7, 11) is 0. The first-order valence-corrected chi connectivity index (χ1v) is 4.18. The van der Waals surface area contributed by atoms with Crippen LogP contribution in [0.15, 0.2) is 12.3 Å². The molecule has 1 N–H and O–H groups in total. The summed E-state index contributed by atoms with van der Waals surface area (Å²) in [5.41, 5.74) is 0.106. The Labute approximate surface area is 82.6 Å². The summed E-state index contributed by atoms with van der Waals surface area (Å²) in [6.45, 7) is 3.35. The zero-order valence-electron chi connectivity index (χ0n) is 7.50. The van der Waals surface area contributed by atoms with Crippen LogP contribution in [0, 0.1) is 19.3 Å². The van der Waals surface area contributed by atoms with Crippen molar-refractivity contribution in [3.8, 4) is 12.3 Å². The Morgan fingerprint density at radius 2 is 2.31 bits per heavy atom. The van der Waals surface area contributed by atoms with Gasteiger partial charge in [-0.2, -0.15) is 0 Å². The first-order valence-electron chi connectivity index (χ1n) is 3.80. The number of hydrogen-bond donors (Lipinski definition) is 1. The van der Waals surface area contributed by atoms with Gasteiger partial charge >= 0.3 is 0 Å². The lowest BCUT2D eigenvalue weighted by atomic mass is 9.98. The van der Waals surface area contributed by atoms with Crippen LogP contribution in [0.5, 0.6) is 0 Å². The fourth-order valence-corrected chi connectivity index (χ4v) is 1.01. The van der Waals surface area contributed by atoms with Gasteiger partial charge in [-0.25, -0.2) is 4.98 Å². The van der Waals surface area contributed by atoms with Gasteiger partial charge in [0, 0.05) is 11.8 Å². The number of nitrogens with zero attached hydrogens (tertiary/aromatic N) is 1. The summed E-state index contributed by atoms with van der Waals surface area (Å²) in [6, 6.07) is 1.73. The highest BCUT2D eigenvalue weighted by molar-refractivity contribution is 6.30. The SMILES string of the molecule is C#C[C@](C)(O)c1cnc(Cl)c(C)c1. The quantitative estimate of drug-likeness (QED) is 0.549. The zero-order chi connectivity index (χ0) is 10.1. The van der Waals surface area contributed by atoms with Crippen LogP contribution in [0.4, 0.5) is 0 Å². The van der Waals surface area contributed by atoms with Gasteiger partial charge in [-0.15, -0.1) is 6.42 Å². The Morgan fingerprint density at radius 3 is 2.77 bits per heavy atom. The first-order chi connectivity index (χ1) is 5.97. The molecule has 0 aliphatic carbocycles. The van der Waals surface area contributed by atoms with E-state index in [0.717, 1.165) is 5.56 Å². The predicted molar refractivity (Wildman–Crippen MR) is 52.4 cm³/mol. The molecule has 0 aromatic carbocycles. The van der Waals surface area contributed by atoms with Crippen molar-refractivity contribution in [3.05, 3.63) is 28.5 Å². The summed E-state index contributed by atoms with van der Waals surface area (Å²) < 4.78 is 0. The van der Waals surface area contributed by atoms with Crippen LogP contribution in [0.25, 0.3) is 0 Å². The van der Waals surface area contributed by atoms with E-state index in [-0.39, 0.29) is 0 Å². The van der Waals surface area contributed by atoms with Crippen molar-refractivity contribution < 1.29 is 5.11 Å². The van der Waals surface area contributed by atoms with Crippen LogP contribution >= 0.6 is 11.6 Å². The summed E-state index contributed by atoms with van der Waals surface area (Å²) in [5.74, 6) is 2.28. The van der Waals surface area contributed by atoms with Gasteiger partial charge in [-0.1, -0.05) is 17.5 Å². The van der Waals surface area contributed by atoms with Crippen LogP contribution in [-0.4, -0.2) is 10.1 Å². The molecule has 0 spiro atoms. The monoisotopic (exact) mass is 195 g/mol. The molecular formula is C10H10ClNO. The molecule has 0 saturated carbocycles. The van der Waals surface area contributed by atoms with Gasteiger partial charge in [0.25, 0.3) is 0 Å². The molecule has 0 aliphatic heterocycles. The van der Waals surface area contributed by atoms with Crippen molar-refractivity contribution in [2.45, 2.75) is 19.4 Å². The van der Waals surface area contributed by atoms with Gasteiger partial charge in [0.2, 0.25) is 0 Å². The third-order valence-electron chi connectivity index (χ3n) is 1.86. The smallest absolute Gasteiger partial charge is 0.149 e. The molecule has 13 heavy (non-hydrogen) atoms. The average Bonchev–Trinajstić information content (AvgIpc) is 2.09. The lowest BCUT2D eigenvalue weighted by molar-refractivity contribution is 0.122. The molecule has 68 valence electrons.